The summed E-state index contributed by atoms with van der Waals surface area (Å²) in [6.07, 6.45) is 10.7. The molecule has 0 radical (unpaired) electrons. The number of rotatable bonds is 0. The number of allylic oxidation sites excluding steroid dienone is 2. The van der Waals surface area contributed by atoms with E-state index in [4.69, 9.17) is 0 Å². The third kappa shape index (κ3) is 0.921. The second-order valence-electron chi connectivity index (χ2n) is 4.74. The predicted octanol–water partition coefficient (Wildman–Crippen LogP) is 2.91. The van der Waals surface area contributed by atoms with E-state index in [9.17, 15) is 0 Å². The van der Waals surface area contributed by atoms with Gasteiger partial charge in [0.05, 0.1) is 0 Å². The van der Waals surface area contributed by atoms with Crippen LogP contribution in [0.4, 0.5) is 0 Å². The first kappa shape index (κ1) is 7.49. The molecule has 2 bridgehead atoms. The largest absolute Gasteiger partial charge is 0.176 e. The van der Waals surface area contributed by atoms with E-state index in [0.29, 0.717) is 5.25 Å². The summed E-state index contributed by atoms with van der Waals surface area (Å²) in [4.78, 5) is 0. The van der Waals surface area contributed by atoms with Crippen LogP contribution in [-0.4, -0.2) is 5.25 Å². The molecular weight excluding hydrogens is 164 g/mol. The van der Waals surface area contributed by atoms with Crippen LogP contribution in [0.25, 0.3) is 0 Å². The molecule has 12 heavy (non-hydrogen) atoms. The fourth-order valence-corrected chi connectivity index (χ4v) is 4.12. The molecule has 0 saturated heterocycles. The van der Waals surface area contributed by atoms with E-state index in [2.05, 4.69) is 24.8 Å². The van der Waals surface area contributed by atoms with Crippen molar-refractivity contribution in [2.45, 2.75) is 30.9 Å². The maximum atomic E-state index is 4.63. The monoisotopic (exact) mass is 180 g/mol. The Morgan fingerprint density at radius 1 is 0.917 bits per heavy atom. The second-order valence-corrected chi connectivity index (χ2v) is 5.47. The molecule has 1 heteroatoms. The van der Waals surface area contributed by atoms with Gasteiger partial charge in [0, 0.05) is 5.25 Å². The van der Waals surface area contributed by atoms with E-state index in [1.807, 2.05) is 0 Å². The van der Waals surface area contributed by atoms with E-state index in [-0.39, 0.29) is 0 Å². The summed E-state index contributed by atoms with van der Waals surface area (Å²) < 4.78 is 0. The molecule has 0 heterocycles. The van der Waals surface area contributed by atoms with Crippen LogP contribution in [0, 0.1) is 23.7 Å². The first-order valence-electron chi connectivity index (χ1n) is 5.21. The summed E-state index contributed by atoms with van der Waals surface area (Å²) in [7, 11) is 0. The SMILES string of the molecule is SC1CC2C3C=CC(CC3)C2C1. The number of hydrogen-bond acceptors (Lipinski definition) is 1. The molecule has 0 aromatic carbocycles. The van der Waals surface area contributed by atoms with Gasteiger partial charge in [-0.25, -0.2) is 0 Å². The summed E-state index contributed by atoms with van der Waals surface area (Å²) in [5, 5.41) is 0.711. The molecule has 4 unspecified atom stereocenters. The normalized spacial score (nSPS) is 55.9. The highest BCUT2D eigenvalue weighted by Crippen LogP contribution is 2.53. The van der Waals surface area contributed by atoms with Crippen LogP contribution in [-0.2, 0) is 0 Å². The first-order chi connectivity index (χ1) is 5.84. The highest BCUT2D eigenvalue weighted by Gasteiger charge is 2.45. The summed E-state index contributed by atoms with van der Waals surface area (Å²) in [5.41, 5.74) is 0. The third-order valence-electron chi connectivity index (χ3n) is 4.18. The van der Waals surface area contributed by atoms with Gasteiger partial charge < -0.3 is 0 Å². The number of fused-ring (bicyclic) bond motifs is 1. The van der Waals surface area contributed by atoms with Crippen LogP contribution >= 0.6 is 12.6 Å². The minimum Gasteiger partial charge on any atom is -0.176 e. The minimum absolute atomic E-state index is 0.711. The predicted molar refractivity (Wildman–Crippen MR) is 54.3 cm³/mol. The van der Waals surface area contributed by atoms with Gasteiger partial charge in [-0.2, -0.15) is 12.6 Å². The number of hydrogen-bond donors (Lipinski definition) is 1. The van der Waals surface area contributed by atoms with Gasteiger partial charge in [0.25, 0.3) is 0 Å². The molecule has 4 atom stereocenters. The Hall–Kier alpha value is 0.0900. The lowest BCUT2D eigenvalue weighted by atomic mass is 9.64. The van der Waals surface area contributed by atoms with Gasteiger partial charge in [-0.1, -0.05) is 12.2 Å². The third-order valence-corrected chi connectivity index (χ3v) is 4.60. The summed E-state index contributed by atoms with van der Waals surface area (Å²) >= 11 is 4.63. The molecule has 2 fully saturated rings. The van der Waals surface area contributed by atoms with E-state index in [1.165, 1.54) is 25.7 Å². The molecule has 0 aromatic rings. The molecule has 0 aromatic heterocycles. The molecule has 66 valence electrons. The molecule has 4 rings (SSSR count). The molecule has 0 nitrogen and oxygen atoms in total. The van der Waals surface area contributed by atoms with Crippen molar-refractivity contribution in [1.82, 2.24) is 0 Å². The number of thiol groups is 1. The van der Waals surface area contributed by atoms with Gasteiger partial charge in [-0.05, 0) is 49.4 Å². The molecule has 2 saturated carbocycles. The summed E-state index contributed by atoms with van der Waals surface area (Å²) in [6.45, 7) is 0. The Morgan fingerprint density at radius 3 is 1.83 bits per heavy atom. The van der Waals surface area contributed by atoms with Gasteiger partial charge in [0.1, 0.15) is 0 Å². The summed E-state index contributed by atoms with van der Waals surface area (Å²) in [6, 6.07) is 0. The zero-order valence-electron chi connectivity index (χ0n) is 7.32. The van der Waals surface area contributed by atoms with Crippen molar-refractivity contribution in [2.75, 3.05) is 0 Å². The van der Waals surface area contributed by atoms with Crippen LogP contribution < -0.4 is 0 Å². The van der Waals surface area contributed by atoms with Crippen LogP contribution in [0.5, 0.6) is 0 Å². The highest BCUT2D eigenvalue weighted by molar-refractivity contribution is 7.80. The average Bonchev–Trinajstić information content (AvgIpc) is 2.49. The molecular formula is C11H16S. The van der Waals surface area contributed by atoms with Crippen molar-refractivity contribution >= 4 is 12.6 Å². The Labute approximate surface area is 79.8 Å². The molecule has 4 aliphatic rings. The lowest BCUT2D eigenvalue weighted by Gasteiger charge is -2.41. The van der Waals surface area contributed by atoms with Crippen molar-refractivity contribution in [3.05, 3.63) is 12.2 Å². The molecule has 0 amide bonds. The van der Waals surface area contributed by atoms with Crippen molar-refractivity contribution in [3.63, 3.8) is 0 Å². The van der Waals surface area contributed by atoms with Gasteiger partial charge in [0.15, 0.2) is 0 Å². The lowest BCUT2D eigenvalue weighted by Crippen LogP contribution is -2.33. The quantitative estimate of drug-likeness (QED) is 0.430. The van der Waals surface area contributed by atoms with Gasteiger partial charge in [0.2, 0.25) is 0 Å². The Morgan fingerprint density at radius 2 is 1.42 bits per heavy atom. The fraction of sp³-hybridized carbons (Fsp3) is 0.818. The van der Waals surface area contributed by atoms with Crippen molar-refractivity contribution in [1.29, 1.82) is 0 Å². The standard InChI is InChI=1S/C11H16S/c12-9-5-10-7-1-2-8(4-3-7)11(10)6-9/h1-2,7-12H,3-6H2. The highest BCUT2D eigenvalue weighted by atomic mass is 32.1. The van der Waals surface area contributed by atoms with Crippen molar-refractivity contribution < 1.29 is 0 Å². The van der Waals surface area contributed by atoms with E-state index >= 15 is 0 Å². The lowest BCUT2D eigenvalue weighted by molar-refractivity contribution is 0.152. The zero-order valence-corrected chi connectivity index (χ0v) is 8.21. The van der Waals surface area contributed by atoms with Crippen molar-refractivity contribution in [3.8, 4) is 0 Å². The maximum absolute atomic E-state index is 4.63. The van der Waals surface area contributed by atoms with E-state index < -0.39 is 0 Å². The van der Waals surface area contributed by atoms with E-state index in [1.54, 1.807) is 0 Å². The van der Waals surface area contributed by atoms with Gasteiger partial charge in [-0.15, -0.1) is 0 Å². The van der Waals surface area contributed by atoms with Crippen LogP contribution in [0.2, 0.25) is 0 Å². The van der Waals surface area contributed by atoms with Crippen molar-refractivity contribution in [2.24, 2.45) is 23.7 Å². The fourth-order valence-electron chi connectivity index (χ4n) is 3.64. The average molecular weight is 180 g/mol. The molecule has 0 aliphatic heterocycles. The minimum atomic E-state index is 0.711. The Bertz CT molecular complexity index is 199. The first-order valence-corrected chi connectivity index (χ1v) is 5.72. The van der Waals surface area contributed by atoms with Crippen LogP contribution in [0.1, 0.15) is 25.7 Å². The molecule has 0 N–H and O–H groups in total. The van der Waals surface area contributed by atoms with E-state index in [0.717, 1.165) is 23.7 Å². The van der Waals surface area contributed by atoms with Gasteiger partial charge in [-0.3, -0.25) is 0 Å². The van der Waals surface area contributed by atoms with Crippen LogP contribution in [0.15, 0.2) is 12.2 Å². The van der Waals surface area contributed by atoms with Gasteiger partial charge >= 0.3 is 0 Å². The molecule has 4 aliphatic carbocycles. The molecule has 0 spiro atoms. The second kappa shape index (κ2) is 2.54. The Balaban J connectivity index is 1.92. The topological polar surface area (TPSA) is 0 Å². The zero-order chi connectivity index (χ0) is 8.13. The maximum Gasteiger partial charge on any atom is 0.00227 e. The smallest absolute Gasteiger partial charge is 0.00227 e. The Kier molecular flexibility index (Phi) is 1.58. The van der Waals surface area contributed by atoms with Crippen LogP contribution in [0.3, 0.4) is 0 Å². The summed E-state index contributed by atoms with van der Waals surface area (Å²) in [5.74, 6) is 3.88.